The van der Waals surface area contributed by atoms with Crippen molar-refractivity contribution < 1.29 is 4.52 Å². The molecule has 1 aliphatic carbocycles. The van der Waals surface area contributed by atoms with E-state index in [1.165, 1.54) is 32.1 Å². The van der Waals surface area contributed by atoms with Crippen LogP contribution < -0.4 is 5.32 Å². The first-order valence-corrected chi connectivity index (χ1v) is 8.70. The van der Waals surface area contributed by atoms with Crippen LogP contribution in [0.5, 0.6) is 0 Å². The lowest BCUT2D eigenvalue weighted by Crippen LogP contribution is -2.61. The van der Waals surface area contributed by atoms with Crippen LogP contribution in [0.2, 0.25) is 0 Å². The average molecular weight is 312 g/mol. The summed E-state index contributed by atoms with van der Waals surface area (Å²) in [6.45, 7) is 3.96. The van der Waals surface area contributed by atoms with E-state index in [-0.39, 0.29) is 5.54 Å². The Morgan fingerprint density at radius 3 is 2.78 bits per heavy atom. The molecule has 0 unspecified atom stereocenters. The number of hydrogen-bond acceptors (Lipinski definition) is 5. The summed E-state index contributed by atoms with van der Waals surface area (Å²) >= 11 is 0. The molecule has 23 heavy (non-hydrogen) atoms. The van der Waals surface area contributed by atoms with Gasteiger partial charge in [0, 0.05) is 30.7 Å². The summed E-state index contributed by atoms with van der Waals surface area (Å²) in [6, 6.07) is 10.0. The van der Waals surface area contributed by atoms with Crippen LogP contribution in [-0.2, 0) is 6.54 Å². The van der Waals surface area contributed by atoms with Gasteiger partial charge >= 0.3 is 0 Å². The predicted molar refractivity (Wildman–Crippen MR) is 88.8 cm³/mol. The van der Waals surface area contributed by atoms with Crippen LogP contribution >= 0.6 is 0 Å². The smallest absolute Gasteiger partial charge is 0.241 e. The van der Waals surface area contributed by atoms with E-state index in [4.69, 9.17) is 4.52 Å². The second kappa shape index (κ2) is 6.42. The minimum atomic E-state index is 0.290. The molecule has 1 saturated heterocycles. The molecular formula is C18H24N4O. The number of piperazine rings is 1. The summed E-state index contributed by atoms with van der Waals surface area (Å²) in [5, 5.41) is 7.74. The quantitative estimate of drug-likeness (QED) is 0.944. The molecule has 0 bridgehead atoms. The van der Waals surface area contributed by atoms with Gasteiger partial charge < -0.3 is 9.84 Å². The van der Waals surface area contributed by atoms with Gasteiger partial charge in [0.25, 0.3) is 0 Å². The van der Waals surface area contributed by atoms with Crippen LogP contribution in [-0.4, -0.2) is 40.2 Å². The third-order valence-corrected chi connectivity index (χ3v) is 5.29. The second-order valence-corrected chi connectivity index (χ2v) is 6.76. The molecule has 0 radical (unpaired) electrons. The molecule has 1 saturated carbocycles. The van der Waals surface area contributed by atoms with Gasteiger partial charge in [-0.15, -0.1) is 0 Å². The number of rotatable bonds is 3. The number of nitrogens with zero attached hydrogens (tertiary/aromatic N) is 3. The second-order valence-electron chi connectivity index (χ2n) is 6.76. The average Bonchev–Trinajstić information content (AvgIpc) is 3.07. The molecule has 0 amide bonds. The maximum atomic E-state index is 5.53. The number of nitrogens with one attached hydrogen (secondary N) is 1. The first-order chi connectivity index (χ1) is 11.4. The predicted octanol–water partition coefficient (Wildman–Crippen LogP) is 2.84. The zero-order chi connectivity index (χ0) is 15.5. The minimum Gasteiger partial charge on any atom is -0.338 e. The number of aromatic nitrogens is 2. The Morgan fingerprint density at radius 2 is 1.96 bits per heavy atom. The molecule has 2 aliphatic rings. The maximum Gasteiger partial charge on any atom is 0.241 e. The Balaban J connectivity index is 1.51. The first-order valence-electron chi connectivity index (χ1n) is 8.70. The molecule has 1 N–H and O–H groups in total. The Morgan fingerprint density at radius 1 is 1.13 bits per heavy atom. The van der Waals surface area contributed by atoms with Gasteiger partial charge in [-0.2, -0.15) is 4.98 Å². The highest BCUT2D eigenvalue weighted by molar-refractivity contribution is 5.53. The molecule has 2 aromatic rings. The third kappa shape index (κ3) is 3.03. The van der Waals surface area contributed by atoms with E-state index in [0.29, 0.717) is 5.82 Å². The van der Waals surface area contributed by atoms with Crippen molar-refractivity contribution in [2.75, 3.05) is 19.6 Å². The zero-order valence-electron chi connectivity index (χ0n) is 13.5. The van der Waals surface area contributed by atoms with Crippen molar-refractivity contribution in [3.05, 3.63) is 36.2 Å². The Bertz CT molecular complexity index is 625. The van der Waals surface area contributed by atoms with Crippen molar-refractivity contribution in [1.29, 1.82) is 0 Å². The summed E-state index contributed by atoms with van der Waals surface area (Å²) in [5.74, 6) is 1.42. The van der Waals surface area contributed by atoms with Crippen LogP contribution in [0.3, 0.4) is 0 Å². The molecule has 4 rings (SSSR count). The molecule has 2 fully saturated rings. The highest BCUT2D eigenvalue weighted by atomic mass is 16.5. The number of hydrogen-bond donors (Lipinski definition) is 1. The topological polar surface area (TPSA) is 54.2 Å². The normalized spacial score (nSPS) is 21.6. The Hall–Kier alpha value is -1.72. The van der Waals surface area contributed by atoms with Crippen LogP contribution in [0, 0.1) is 0 Å². The molecule has 1 aromatic carbocycles. The van der Waals surface area contributed by atoms with Crippen LogP contribution in [0.25, 0.3) is 11.4 Å². The van der Waals surface area contributed by atoms with E-state index in [2.05, 4.69) is 20.4 Å². The van der Waals surface area contributed by atoms with E-state index in [0.717, 1.165) is 37.6 Å². The lowest BCUT2D eigenvalue weighted by molar-refractivity contribution is 0.0135. The zero-order valence-corrected chi connectivity index (χ0v) is 13.5. The summed E-state index contributed by atoms with van der Waals surface area (Å²) in [5.41, 5.74) is 1.30. The molecule has 1 aliphatic heterocycles. The summed E-state index contributed by atoms with van der Waals surface area (Å²) in [6.07, 6.45) is 6.59. The third-order valence-electron chi connectivity index (χ3n) is 5.29. The highest BCUT2D eigenvalue weighted by Gasteiger charge is 2.40. The number of benzene rings is 1. The summed E-state index contributed by atoms with van der Waals surface area (Å²) in [4.78, 5) is 7.19. The van der Waals surface area contributed by atoms with Gasteiger partial charge in [0.15, 0.2) is 0 Å². The van der Waals surface area contributed by atoms with Crippen molar-refractivity contribution in [3.63, 3.8) is 0 Å². The van der Waals surface area contributed by atoms with Gasteiger partial charge in [-0.05, 0) is 12.8 Å². The lowest BCUT2D eigenvalue weighted by Gasteiger charge is -2.49. The molecular weight excluding hydrogens is 288 g/mol. The van der Waals surface area contributed by atoms with E-state index >= 15 is 0 Å². The van der Waals surface area contributed by atoms with Gasteiger partial charge in [-0.3, -0.25) is 4.90 Å². The van der Waals surface area contributed by atoms with E-state index in [9.17, 15) is 0 Å². The SMILES string of the molecule is c1ccc(-c2noc(CN3CCNCC34CCCCC4)n2)cc1. The Labute approximate surface area is 137 Å². The van der Waals surface area contributed by atoms with Gasteiger partial charge in [0.1, 0.15) is 0 Å². The van der Waals surface area contributed by atoms with Crippen molar-refractivity contribution in [1.82, 2.24) is 20.4 Å². The summed E-state index contributed by atoms with van der Waals surface area (Å²) < 4.78 is 5.53. The van der Waals surface area contributed by atoms with Gasteiger partial charge in [-0.25, -0.2) is 0 Å². The molecule has 1 aromatic heterocycles. The van der Waals surface area contributed by atoms with E-state index in [1.807, 2.05) is 30.3 Å². The van der Waals surface area contributed by atoms with E-state index in [1.54, 1.807) is 0 Å². The summed E-state index contributed by atoms with van der Waals surface area (Å²) in [7, 11) is 0. The van der Waals surface area contributed by atoms with Gasteiger partial charge in [0.2, 0.25) is 11.7 Å². The molecule has 5 heteroatoms. The fourth-order valence-corrected chi connectivity index (χ4v) is 4.02. The fourth-order valence-electron chi connectivity index (χ4n) is 4.02. The van der Waals surface area contributed by atoms with Crippen LogP contribution in [0.1, 0.15) is 38.0 Å². The van der Waals surface area contributed by atoms with Crippen molar-refractivity contribution in [2.45, 2.75) is 44.2 Å². The van der Waals surface area contributed by atoms with Gasteiger partial charge in [-0.1, -0.05) is 54.8 Å². The lowest BCUT2D eigenvalue weighted by atomic mass is 9.79. The first kappa shape index (κ1) is 14.8. The van der Waals surface area contributed by atoms with Crippen LogP contribution in [0.15, 0.2) is 34.9 Å². The molecule has 1 spiro atoms. The molecule has 2 heterocycles. The standard InChI is InChI=1S/C18H24N4O/c1-3-7-15(8-4-1)17-20-16(23-21-17)13-22-12-11-19-14-18(22)9-5-2-6-10-18/h1,3-4,7-8,19H,2,5-6,9-14H2. The van der Waals surface area contributed by atoms with Crippen LogP contribution in [0.4, 0.5) is 0 Å². The Kier molecular flexibility index (Phi) is 4.14. The molecule has 0 atom stereocenters. The molecule has 122 valence electrons. The maximum absolute atomic E-state index is 5.53. The monoisotopic (exact) mass is 312 g/mol. The largest absolute Gasteiger partial charge is 0.338 e. The van der Waals surface area contributed by atoms with Gasteiger partial charge in [0.05, 0.1) is 6.54 Å². The minimum absolute atomic E-state index is 0.290. The van der Waals surface area contributed by atoms with Crippen molar-refractivity contribution in [3.8, 4) is 11.4 Å². The molecule has 5 nitrogen and oxygen atoms in total. The van der Waals surface area contributed by atoms with E-state index < -0.39 is 0 Å². The highest BCUT2D eigenvalue weighted by Crippen LogP contribution is 2.35. The van der Waals surface area contributed by atoms with Crippen molar-refractivity contribution >= 4 is 0 Å². The fraction of sp³-hybridized carbons (Fsp3) is 0.556. The van der Waals surface area contributed by atoms with Crippen molar-refractivity contribution in [2.24, 2.45) is 0 Å².